The van der Waals surface area contributed by atoms with Crippen molar-refractivity contribution in [3.63, 3.8) is 0 Å². The van der Waals surface area contributed by atoms with Gasteiger partial charge < -0.3 is 4.74 Å². The van der Waals surface area contributed by atoms with E-state index in [9.17, 15) is 4.79 Å². The van der Waals surface area contributed by atoms with E-state index in [2.05, 4.69) is 20.9 Å². The number of carbonyl (C=O) groups excluding carboxylic acids is 1. The predicted octanol–water partition coefficient (Wildman–Crippen LogP) is 2.81. The van der Waals surface area contributed by atoms with E-state index in [4.69, 9.17) is 16.3 Å². The third-order valence-corrected chi connectivity index (χ3v) is 2.40. The van der Waals surface area contributed by atoms with Crippen molar-refractivity contribution in [2.24, 2.45) is 0 Å². The second-order valence-corrected chi connectivity index (χ2v) is 3.47. The van der Waals surface area contributed by atoms with Gasteiger partial charge in [0.25, 0.3) is 0 Å². The van der Waals surface area contributed by atoms with Crippen molar-refractivity contribution in [3.8, 4) is 0 Å². The highest BCUT2D eigenvalue weighted by Gasteiger charge is 2.12. The highest BCUT2D eigenvalue weighted by atomic mass is 79.9. The first-order valence-electron chi connectivity index (χ1n) is 4.06. The smallest absolute Gasteiger partial charge is 0.338 e. The zero-order valence-corrected chi connectivity index (χ0v) is 9.93. The van der Waals surface area contributed by atoms with Crippen LogP contribution in [0.15, 0.2) is 12.3 Å². The van der Waals surface area contributed by atoms with Crippen LogP contribution in [0.2, 0.25) is 5.15 Å². The van der Waals surface area contributed by atoms with E-state index in [1.54, 1.807) is 13.1 Å². The maximum atomic E-state index is 11.4. The van der Waals surface area contributed by atoms with E-state index in [0.29, 0.717) is 17.5 Å². The maximum absolute atomic E-state index is 11.4. The number of hydrogen-bond acceptors (Lipinski definition) is 3. The van der Waals surface area contributed by atoms with E-state index >= 15 is 0 Å². The summed E-state index contributed by atoms with van der Waals surface area (Å²) in [4.78, 5) is 15.3. The number of hydrogen-bond donors (Lipinski definition) is 0. The molecule has 0 aliphatic rings. The minimum atomic E-state index is -0.369. The van der Waals surface area contributed by atoms with Crippen molar-refractivity contribution in [2.45, 2.75) is 12.3 Å². The van der Waals surface area contributed by atoms with Crippen LogP contribution in [-0.2, 0) is 10.1 Å². The molecule has 0 N–H and O–H groups in total. The molecule has 1 aromatic rings. The number of aromatic nitrogens is 1. The Morgan fingerprint density at radius 2 is 2.43 bits per heavy atom. The van der Waals surface area contributed by atoms with Crippen LogP contribution < -0.4 is 0 Å². The lowest BCUT2D eigenvalue weighted by atomic mass is 10.2. The fraction of sp³-hybridized carbons (Fsp3) is 0.333. The van der Waals surface area contributed by atoms with E-state index in [1.165, 1.54) is 6.07 Å². The molecule has 0 fully saturated rings. The number of halogens is 2. The molecule has 76 valence electrons. The Hall–Kier alpha value is -0.610. The van der Waals surface area contributed by atoms with Crippen LogP contribution in [0.25, 0.3) is 0 Å². The Labute approximate surface area is 95.6 Å². The number of carbonyl (C=O) groups is 1. The summed E-state index contributed by atoms with van der Waals surface area (Å²) in [5.41, 5.74) is 1.23. The molecule has 0 spiro atoms. The Morgan fingerprint density at radius 3 is 3.00 bits per heavy atom. The quantitative estimate of drug-likeness (QED) is 0.485. The van der Waals surface area contributed by atoms with Crippen molar-refractivity contribution >= 4 is 33.5 Å². The van der Waals surface area contributed by atoms with Gasteiger partial charge in [-0.15, -0.1) is 0 Å². The molecule has 1 aromatic heterocycles. The largest absolute Gasteiger partial charge is 0.462 e. The molecule has 0 aromatic carbocycles. The standard InChI is InChI=1S/C9H9BrClNO2/c1-2-14-9(13)7-3-8(11)12-5-6(7)4-10/h3,5H,2,4H2,1H3. The summed E-state index contributed by atoms with van der Waals surface area (Å²) in [7, 11) is 0. The second-order valence-electron chi connectivity index (χ2n) is 2.52. The predicted molar refractivity (Wildman–Crippen MR) is 57.8 cm³/mol. The van der Waals surface area contributed by atoms with Gasteiger partial charge in [0.15, 0.2) is 0 Å². The van der Waals surface area contributed by atoms with Gasteiger partial charge in [0, 0.05) is 11.5 Å². The Bertz CT molecular complexity index is 344. The third kappa shape index (κ3) is 2.69. The lowest BCUT2D eigenvalue weighted by molar-refractivity contribution is 0.0525. The van der Waals surface area contributed by atoms with Crippen molar-refractivity contribution in [2.75, 3.05) is 6.61 Å². The average molecular weight is 279 g/mol. The van der Waals surface area contributed by atoms with Gasteiger partial charge in [-0.1, -0.05) is 27.5 Å². The molecule has 0 saturated heterocycles. The van der Waals surface area contributed by atoms with Crippen LogP contribution >= 0.6 is 27.5 Å². The molecule has 3 nitrogen and oxygen atoms in total. The van der Waals surface area contributed by atoms with Crippen LogP contribution in [0, 0.1) is 0 Å². The first-order chi connectivity index (χ1) is 6.69. The van der Waals surface area contributed by atoms with Crippen molar-refractivity contribution in [3.05, 3.63) is 28.5 Å². The molecule has 1 rings (SSSR count). The summed E-state index contributed by atoms with van der Waals surface area (Å²) in [6.45, 7) is 2.11. The average Bonchev–Trinajstić information content (AvgIpc) is 2.18. The summed E-state index contributed by atoms with van der Waals surface area (Å²) in [5, 5.41) is 0.837. The Kier molecular flexibility index (Phi) is 4.35. The molecule has 0 bridgehead atoms. The van der Waals surface area contributed by atoms with E-state index in [0.717, 1.165) is 5.56 Å². The molecule has 1 heterocycles. The number of ether oxygens (including phenoxy) is 1. The third-order valence-electron chi connectivity index (χ3n) is 1.59. The maximum Gasteiger partial charge on any atom is 0.338 e. The molecule has 5 heteroatoms. The van der Waals surface area contributed by atoms with Crippen LogP contribution in [0.1, 0.15) is 22.8 Å². The molecule has 0 radical (unpaired) electrons. The first-order valence-corrected chi connectivity index (χ1v) is 5.56. The summed E-state index contributed by atoms with van der Waals surface area (Å²) >= 11 is 8.95. The van der Waals surface area contributed by atoms with E-state index in [1.807, 2.05) is 0 Å². The first kappa shape index (κ1) is 11.5. The van der Waals surface area contributed by atoms with Crippen molar-refractivity contribution in [1.29, 1.82) is 0 Å². The Morgan fingerprint density at radius 1 is 1.71 bits per heavy atom. The summed E-state index contributed by atoms with van der Waals surface area (Å²) in [5.74, 6) is -0.369. The fourth-order valence-electron chi connectivity index (χ4n) is 0.964. The van der Waals surface area contributed by atoms with Crippen molar-refractivity contribution < 1.29 is 9.53 Å². The molecular weight excluding hydrogens is 269 g/mol. The van der Waals surface area contributed by atoms with Gasteiger partial charge >= 0.3 is 5.97 Å². The van der Waals surface area contributed by atoms with Crippen molar-refractivity contribution in [1.82, 2.24) is 4.98 Å². The molecule has 0 amide bonds. The minimum Gasteiger partial charge on any atom is -0.462 e. The molecular formula is C9H9BrClNO2. The molecule has 0 aliphatic carbocycles. The normalized spacial score (nSPS) is 9.93. The van der Waals surface area contributed by atoms with Gasteiger partial charge in [0.1, 0.15) is 5.15 Å². The summed E-state index contributed by atoms with van der Waals surface area (Å²) in [6, 6.07) is 1.51. The van der Waals surface area contributed by atoms with Gasteiger partial charge in [-0.25, -0.2) is 9.78 Å². The number of rotatable bonds is 3. The van der Waals surface area contributed by atoms with Gasteiger partial charge in [-0.3, -0.25) is 0 Å². The number of nitrogens with zero attached hydrogens (tertiary/aromatic N) is 1. The molecule has 0 saturated carbocycles. The minimum absolute atomic E-state index is 0.290. The van der Waals surface area contributed by atoms with Gasteiger partial charge in [-0.05, 0) is 18.6 Å². The lowest BCUT2D eigenvalue weighted by Gasteiger charge is -2.05. The van der Waals surface area contributed by atoms with Gasteiger partial charge in [-0.2, -0.15) is 0 Å². The fourth-order valence-corrected chi connectivity index (χ4v) is 1.57. The number of pyridine rings is 1. The zero-order valence-electron chi connectivity index (χ0n) is 7.59. The summed E-state index contributed by atoms with van der Waals surface area (Å²) in [6.07, 6.45) is 1.56. The second kappa shape index (κ2) is 5.32. The lowest BCUT2D eigenvalue weighted by Crippen LogP contribution is -2.08. The van der Waals surface area contributed by atoms with Crippen LogP contribution in [0.4, 0.5) is 0 Å². The van der Waals surface area contributed by atoms with E-state index in [-0.39, 0.29) is 11.1 Å². The number of esters is 1. The SMILES string of the molecule is CCOC(=O)c1cc(Cl)ncc1CBr. The van der Waals surface area contributed by atoms with E-state index < -0.39 is 0 Å². The highest BCUT2D eigenvalue weighted by Crippen LogP contribution is 2.16. The van der Waals surface area contributed by atoms with Crippen LogP contribution in [0.5, 0.6) is 0 Å². The molecule has 14 heavy (non-hydrogen) atoms. The topological polar surface area (TPSA) is 39.2 Å². The van der Waals surface area contributed by atoms with Gasteiger partial charge in [0.2, 0.25) is 0 Å². The molecule has 0 unspecified atom stereocenters. The summed E-state index contributed by atoms with van der Waals surface area (Å²) < 4.78 is 4.88. The molecule has 0 atom stereocenters. The zero-order chi connectivity index (χ0) is 10.6. The number of alkyl halides is 1. The van der Waals surface area contributed by atoms with Crippen LogP contribution in [-0.4, -0.2) is 17.6 Å². The van der Waals surface area contributed by atoms with Crippen LogP contribution in [0.3, 0.4) is 0 Å². The monoisotopic (exact) mass is 277 g/mol. The molecule has 0 aliphatic heterocycles. The highest BCUT2D eigenvalue weighted by molar-refractivity contribution is 9.08. The van der Waals surface area contributed by atoms with Gasteiger partial charge in [0.05, 0.1) is 12.2 Å². The Balaban J connectivity index is 3.03.